The molecule has 10 heteroatoms. The number of carbonyl (C=O) groups is 4. The van der Waals surface area contributed by atoms with Gasteiger partial charge in [0, 0.05) is 33.4 Å². The minimum Gasteiger partial charge on any atom is -0.481 e. The van der Waals surface area contributed by atoms with Crippen LogP contribution in [0.2, 0.25) is 0 Å². The summed E-state index contributed by atoms with van der Waals surface area (Å²) in [6, 6.07) is 35.5. The van der Waals surface area contributed by atoms with Gasteiger partial charge in [0.15, 0.2) is 23.1 Å². The summed E-state index contributed by atoms with van der Waals surface area (Å²) in [5.74, 6) is -0.00367. The van der Waals surface area contributed by atoms with Crippen molar-refractivity contribution in [2.24, 2.45) is 0 Å². The molecule has 2 aromatic heterocycles. The van der Waals surface area contributed by atoms with E-state index in [1.165, 1.54) is 22.7 Å². The molecule has 0 saturated heterocycles. The number of rotatable bonds is 2. The highest BCUT2D eigenvalue weighted by atomic mass is 32.1. The lowest BCUT2D eigenvalue weighted by Gasteiger charge is -2.35. The van der Waals surface area contributed by atoms with Crippen LogP contribution in [0.4, 0.5) is 0 Å². The van der Waals surface area contributed by atoms with Crippen LogP contribution < -0.4 is 9.47 Å². The number of Topliss-reactive ketones (excluding diaryl/α,β-unsaturated/α-hetero) is 4. The highest BCUT2D eigenvalue weighted by Crippen LogP contribution is 2.55. The first-order valence-electron chi connectivity index (χ1n) is 20.9. The average Bonchev–Trinajstić information content (AvgIpc) is 4.02. The van der Waals surface area contributed by atoms with E-state index in [9.17, 15) is 19.2 Å². The van der Waals surface area contributed by atoms with Crippen molar-refractivity contribution in [2.75, 3.05) is 0 Å². The number of fused-ring (bicyclic) bond motifs is 12. The van der Waals surface area contributed by atoms with Gasteiger partial charge in [-0.25, -0.2) is 9.97 Å². The summed E-state index contributed by atoms with van der Waals surface area (Å²) in [5, 5.41) is 8.92. The van der Waals surface area contributed by atoms with E-state index < -0.39 is 11.2 Å². The monoisotopic (exact) mass is 868 g/mol. The van der Waals surface area contributed by atoms with Gasteiger partial charge in [-0.2, -0.15) is 0 Å². The van der Waals surface area contributed by atoms with E-state index in [-0.39, 0.29) is 34.3 Å². The smallest absolute Gasteiger partial charge is 0.197 e. The molecular formula is C54H32N2O6S2. The first-order valence-corrected chi connectivity index (χ1v) is 22.6. The van der Waals surface area contributed by atoms with Gasteiger partial charge in [0.2, 0.25) is 0 Å². The van der Waals surface area contributed by atoms with Crippen molar-refractivity contribution in [3.05, 3.63) is 164 Å². The standard InChI is InChI=1S/C54H32N2O6S2/c1-53(2)51-49(63-43(55-51)23-39-45(57)33-17-29-13-25-9-5-6-10-26(25)14-30(29)18-34(33)46(39)58)37-22-42-38(21-41(37)61-53)50-52(54(3,4)62-42)56-44(64-50)24-40-47(59)35-19-31-15-27-11-7-8-12-28(27)16-32(31)20-36(35)48(40)60/h5-24H,1-4H3. The molecular weight excluding hydrogens is 837 g/mol. The summed E-state index contributed by atoms with van der Waals surface area (Å²) < 4.78 is 13.4. The van der Waals surface area contributed by atoms with Gasteiger partial charge in [-0.15, -0.1) is 22.7 Å². The van der Waals surface area contributed by atoms with Crippen molar-refractivity contribution in [1.82, 2.24) is 9.97 Å². The van der Waals surface area contributed by atoms with Gasteiger partial charge in [-0.1, -0.05) is 48.5 Å². The van der Waals surface area contributed by atoms with Crippen LogP contribution in [0, 0.1) is 0 Å². The first kappa shape index (κ1) is 37.2. The molecule has 0 fully saturated rings. The lowest BCUT2D eigenvalue weighted by Crippen LogP contribution is -2.31. The zero-order valence-corrected chi connectivity index (χ0v) is 36.3. The van der Waals surface area contributed by atoms with Gasteiger partial charge < -0.3 is 9.47 Å². The first-order chi connectivity index (χ1) is 30.8. The molecule has 0 spiro atoms. The number of benzene rings is 7. The number of carbonyl (C=O) groups excluding carboxylic acids is 4. The maximum absolute atomic E-state index is 13.9. The average molecular weight is 869 g/mol. The molecule has 8 nitrogen and oxygen atoms in total. The van der Waals surface area contributed by atoms with E-state index in [2.05, 4.69) is 24.3 Å². The molecule has 7 aromatic carbocycles. The van der Waals surface area contributed by atoms with Crippen LogP contribution in [0.1, 0.15) is 90.5 Å². The summed E-state index contributed by atoms with van der Waals surface area (Å²) in [6.45, 7) is 7.79. The fourth-order valence-corrected chi connectivity index (χ4v) is 12.1. The molecule has 0 radical (unpaired) electrons. The third-order valence-corrected chi connectivity index (χ3v) is 15.0. The molecule has 0 saturated carbocycles. The van der Waals surface area contributed by atoms with Crippen LogP contribution in [0.25, 0.3) is 76.1 Å². The number of nitrogens with zero attached hydrogens (tertiary/aromatic N) is 2. The lowest BCUT2D eigenvalue weighted by atomic mass is 9.92. The van der Waals surface area contributed by atoms with Crippen LogP contribution in [-0.2, 0) is 11.2 Å². The summed E-state index contributed by atoms with van der Waals surface area (Å²) in [7, 11) is 0. The molecule has 0 amide bonds. The molecule has 0 unspecified atom stereocenters. The Morgan fingerprint density at radius 1 is 0.422 bits per heavy atom. The Morgan fingerprint density at radius 3 is 1.05 bits per heavy atom. The molecule has 2 aliphatic heterocycles. The van der Waals surface area contributed by atoms with E-state index in [4.69, 9.17) is 19.4 Å². The van der Waals surface area contributed by atoms with E-state index in [1.807, 2.05) is 113 Å². The van der Waals surface area contributed by atoms with Crippen molar-refractivity contribution in [3.8, 4) is 32.4 Å². The number of hydrogen-bond acceptors (Lipinski definition) is 10. The quantitative estimate of drug-likeness (QED) is 0.0959. The number of ketones is 4. The molecule has 4 aliphatic rings. The molecule has 9 aromatic rings. The summed E-state index contributed by atoms with van der Waals surface area (Å²) >= 11 is 2.80. The third kappa shape index (κ3) is 5.27. The molecule has 2 aliphatic carbocycles. The van der Waals surface area contributed by atoms with Crippen LogP contribution in [-0.4, -0.2) is 33.1 Å². The second-order valence-electron chi connectivity index (χ2n) is 17.9. The number of allylic oxidation sites excluding steroid dienone is 2. The fourth-order valence-electron chi connectivity index (χ4n) is 9.74. The summed E-state index contributed by atoms with van der Waals surface area (Å²) in [5.41, 5.74) is 3.03. The third-order valence-electron chi connectivity index (χ3n) is 12.9. The number of thiazole rings is 2. The zero-order valence-electron chi connectivity index (χ0n) is 34.7. The molecule has 4 heterocycles. The zero-order chi connectivity index (χ0) is 43.6. The van der Waals surface area contributed by atoms with E-state index in [1.54, 1.807) is 12.2 Å². The largest absolute Gasteiger partial charge is 0.481 e. The van der Waals surface area contributed by atoms with Crippen molar-refractivity contribution < 1.29 is 28.7 Å². The van der Waals surface area contributed by atoms with Crippen LogP contribution in [0.3, 0.4) is 0 Å². The van der Waals surface area contributed by atoms with Gasteiger partial charge in [0.25, 0.3) is 0 Å². The van der Waals surface area contributed by atoms with Crippen LogP contribution in [0.15, 0.2) is 120 Å². The molecule has 306 valence electrons. The Balaban J connectivity index is 0.856. The molecule has 0 atom stereocenters. The van der Waals surface area contributed by atoms with Gasteiger partial charge in [0.05, 0.1) is 20.9 Å². The minimum atomic E-state index is -0.854. The SMILES string of the molecule is CC1(C)Oc2cc3c(cc2-c2sc(C=C4C(=O)c5cc6cc7ccccc7cc6cc5C4=O)nc21)OC(C)(C)c1nc(C=C2C(=O)c4cc5cc6ccccc6cc5cc4C2=O)sc1-3. The predicted molar refractivity (Wildman–Crippen MR) is 252 cm³/mol. The van der Waals surface area contributed by atoms with Gasteiger partial charge in [-0.3, -0.25) is 19.2 Å². The summed E-state index contributed by atoms with van der Waals surface area (Å²) in [4.78, 5) is 67.2. The number of ether oxygens (including phenoxy) is 2. The number of aromatic nitrogens is 2. The second kappa shape index (κ2) is 12.6. The second-order valence-corrected chi connectivity index (χ2v) is 19.9. The van der Waals surface area contributed by atoms with Gasteiger partial charge >= 0.3 is 0 Å². The predicted octanol–water partition coefficient (Wildman–Crippen LogP) is 12.7. The van der Waals surface area contributed by atoms with Crippen LogP contribution in [0.5, 0.6) is 11.5 Å². The molecule has 13 rings (SSSR count). The fraction of sp³-hybridized carbons (Fsp3) is 0.111. The molecule has 0 N–H and O–H groups in total. The minimum absolute atomic E-state index is 0.0888. The van der Waals surface area contributed by atoms with Gasteiger partial charge in [0.1, 0.15) is 44.1 Å². The molecule has 64 heavy (non-hydrogen) atoms. The highest BCUT2D eigenvalue weighted by Gasteiger charge is 2.42. The Labute approximate surface area is 373 Å². The van der Waals surface area contributed by atoms with Gasteiger partial charge in [-0.05, 0) is 144 Å². The normalized spacial score (nSPS) is 16.4. The van der Waals surface area contributed by atoms with Crippen molar-refractivity contribution in [2.45, 2.75) is 38.9 Å². The van der Waals surface area contributed by atoms with Crippen molar-refractivity contribution in [3.63, 3.8) is 0 Å². The Bertz CT molecular complexity index is 3420. The highest BCUT2D eigenvalue weighted by molar-refractivity contribution is 7.16. The van der Waals surface area contributed by atoms with Crippen molar-refractivity contribution in [1.29, 1.82) is 0 Å². The van der Waals surface area contributed by atoms with E-state index in [0.717, 1.165) is 64.0 Å². The number of hydrogen-bond donors (Lipinski definition) is 0. The lowest BCUT2D eigenvalue weighted by molar-refractivity contribution is 0.0955. The maximum atomic E-state index is 13.9. The Kier molecular flexibility index (Phi) is 7.33. The van der Waals surface area contributed by atoms with E-state index in [0.29, 0.717) is 55.2 Å². The van der Waals surface area contributed by atoms with Crippen LogP contribution >= 0.6 is 22.7 Å². The topological polar surface area (TPSA) is 113 Å². The Hall–Kier alpha value is -7.40. The molecule has 0 bridgehead atoms. The van der Waals surface area contributed by atoms with E-state index >= 15 is 0 Å². The summed E-state index contributed by atoms with van der Waals surface area (Å²) in [6.07, 6.45) is 3.23. The maximum Gasteiger partial charge on any atom is 0.197 e. The Morgan fingerprint density at radius 2 is 0.734 bits per heavy atom. The van der Waals surface area contributed by atoms with Crippen molar-refractivity contribution >= 4 is 101 Å².